The second kappa shape index (κ2) is 7.05. The summed E-state index contributed by atoms with van der Waals surface area (Å²) in [5, 5.41) is 0. The molecular formula is C16H22N4OS. The van der Waals surface area contributed by atoms with Gasteiger partial charge in [-0.1, -0.05) is 24.3 Å². The van der Waals surface area contributed by atoms with Crippen LogP contribution in [0.5, 0.6) is 0 Å². The Morgan fingerprint density at radius 3 is 2.64 bits per heavy atom. The Morgan fingerprint density at radius 1 is 1.14 bits per heavy atom. The fraction of sp³-hybridized carbons (Fsp3) is 0.500. The molecule has 1 saturated heterocycles. The second-order valence-corrected chi connectivity index (χ2v) is 6.83. The van der Waals surface area contributed by atoms with Gasteiger partial charge in [-0.2, -0.15) is 11.8 Å². The molecule has 1 fully saturated rings. The number of rotatable bonds is 2. The van der Waals surface area contributed by atoms with Crippen LogP contribution in [0.1, 0.15) is 11.1 Å². The van der Waals surface area contributed by atoms with Crippen LogP contribution in [0.15, 0.2) is 29.3 Å². The topological polar surface area (TPSA) is 61.9 Å². The minimum atomic E-state index is 0.0591. The Bertz CT molecular complexity index is 569. The molecule has 22 heavy (non-hydrogen) atoms. The van der Waals surface area contributed by atoms with Crippen molar-refractivity contribution in [2.45, 2.75) is 13.0 Å². The number of hydrogen-bond donors (Lipinski definition) is 1. The summed E-state index contributed by atoms with van der Waals surface area (Å²) in [6.07, 6.45) is 0.921. The highest BCUT2D eigenvalue weighted by Gasteiger charge is 2.20. The van der Waals surface area contributed by atoms with Gasteiger partial charge in [-0.15, -0.1) is 0 Å². The Hall–Kier alpha value is -1.69. The predicted octanol–water partition coefficient (Wildman–Crippen LogP) is 0.935. The number of nitrogens with zero attached hydrogens (tertiary/aromatic N) is 3. The Kier molecular flexibility index (Phi) is 4.87. The molecule has 0 aromatic heterocycles. The van der Waals surface area contributed by atoms with E-state index in [1.807, 2.05) is 22.7 Å². The summed E-state index contributed by atoms with van der Waals surface area (Å²) >= 11 is 1.93. The molecule has 2 N–H and O–H groups in total. The van der Waals surface area contributed by atoms with E-state index in [1.165, 1.54) is 11.1 Å². The standard InChI is InChI=1S/C16H22N4OS/c17-16(19-7-9-22-10-8-19)18-11-15(21)20-6-5-13-3-1-2-4-14(13)12-20/h1-4H,5-12H2,(H2,17,18). The number of guanidine groups is 1. The third kappa shape index (κ3) is 3.55. The van der Waals surface area contributed by atoms with Crippen LogP contribution in [0.25, 0.3) is 0 Å². The highest BCUT2D eigenvalue weighted by molar-refractivity contribution is 7.99. The summed E-state index contributed by atoms with van der Waals surface area (Å²) in [7, 11) is 0. The lowest BCUT2D eigenvalue weighted by Crippen LogP contribution is -2.43. The van der Waals surface area contributed by atoms with Gasteiger partial charge in [0.05, 0.1) is 0 Å². The quantitative estimate of drug-likeness (QED) is 0.651. The number of nitrogens with two attached hydrogens (primary N) is 1. The van der Waals surface area contributed by atoms with Gasteiger partial charge < -0.3 is 15.5 Å². The molecule has 1 amide bonds. The number of carbonyl (C=O) groups excluding carboxylic acids is 1. The molecule has 0 spiro atoms. The summed E-state index contributed by atoms with van der Waals surface area (Å²) in [5.41, 5.74) is 8.59. The van der Waals surface area contributed by atoms with Gasteiger partial charge in [0, 0.05) is 37.7 Å². The SMILES string of the molecule is NC(=NCC(=O)N1CCc2ccccc2C1)N1CCSCC1. The maximum Gasteiger partial charge on any atom is 0.244 e. The van der Waals surface area contributed by atoms with Crippen LogP contribution in [-0.2, 0) is 17.8 Å². The second-order valence-electron chi connectivity index (χ2n) is 5.61. The van der Waals surface area contributed by atoms with E-state index in [9.17, 15) is 4.79 Å². The monoisotopic (exact) mass is 318 g/mol. The molecule has 0 aliphatic carbocycles. The fourth-order valence-electron chi connectivity index (χ4n) is 2.85. The average molecular weight is 318 g/mol. The first kappa shape index (κ1) is 15.2. The van der Waals surface area contributed by atoms with Crippen LogP contribution in [0.3, 0.4) is 0 Å². The average Bonchev–Trinajstić information content (AvgIpc) is 2.59. The zero-order valence-electron chi connectivity index (χ0n) is 12.7. The molecule has 118 valence electrons. The summed E-state index contributed by atoms with van der Waals surface area (Å²) < 4.78 is 0. The summed E-state index contributed by atoms with van der Waals surface area (Å²) in [4.78, 5) is 20.6. The lowest BCUT2D eigenvalue weighted by atomic mass is 10.00. The van der Waals surface area contributed by atoms with Crippen molar-refractivity contribution in [3.05, 3.63) is 35.4 Å². The van der Waals surface area contributed by atoms with E-state index in [0.717, 1.165) is 37.6 Å². The molecular weight excluding hydrogens is 296 g/mol. The van der Waals surface area contributed by atoms with Gasteiger partial charge in [-0.05, 0) is 17.5 Å². The number of fused-ring (bicyclic) bond motifs is 1. The zero-order valence-corrected chi connectivity index (χ0v) is 13.5. The Morgan fingerprint density at radius 2 is 1.86 bits per heavy atom. The first-order valence-electron chi connectivity index (χ1n) is 7.71. The van der Waals surface area contributed by atoms with Gasteiger partial charge in [0.1, 0.15) is 6.54 Å². The summed E-state index contributed by atoms with van der Waals surface area (Å²) in [6, 6.07) is 8.31. The van der Waals surface area contributed by atoms with Crippen LogP contribution >= 0.6 is 11.8 Å². The van der Waals surface area contributed by atoms with Gasteiger partial charge in [0.25, 0.3) is 0 Å². The molecule has 2 aliphatic rings. The number of carbonyl (C=O) groups is 1. The number of thioether (sulfide) groups is 1. The van der Waals surface area contributed by atoms with E-state index < -0.39 is 0 Å². The van der Waals surface area contributed by atoms with Crippen molar-refractivity contribution in [2.75, 3.05) is 37.7 Å². The zero-order chi connectivity index (χ0) is 15.4. The molecule has 2 heterocycles. The van der Waals surface area contributed by atoms with Crippen molar-refractivity contribution in [3.8, 4) is 0 Å². The normalized spacial score (nSPS) is 19.0. The van der Waals surface area contributed by atoms with Crippen LogP contribution in [0, 0.1) is 0 Å². The largest absolute Gasteiger partial charge is 0.370 e. The van der Waals surface area contributed by atoms with Gasteiger partial charge in [0.15, 0.2) is 5.96 Å². The minimum Gasteiger partial charge on any atom is -0.370 e. The molecule has 1 aromatic carbocycles. The van der Waals surface area contributed by atoms with Gasteiger partial charge >= 0.3 is 0 Å². The van der Waals surface area contributed by atoms with E-state index in [2.05, 4.69) is 28.1 Å². The first-order valence-corrected chi connectivity index (χ1v) is 8.86. The third-order valence-corrected chi connectivity index (χ3v) is 5.14. The molecule has 0 saturated carbocycles. The molecule has 1 aromatic rings. The number of benzene rings is 1. The van der Waals surface area contributed by atoms with Crippen molar-refractivity contribution in [3.63, 3.8) is 0 Å². The van der Waals surface area contributed by atoms with Gasteiger partial charge in [-0.3, -0.25) is 4.79 Å². The van der Waals surface area contributed by atoms with Crippen LogP contribution in [0.2, 0.25) is 0 Å². The van der Waals surface area contributed by atoms with E-state index in [-0.39, 0.29) is 12.5 Å². The molecule has 0 bridgehead atoms. The molecule has 5 nitrogen and oxygen atoms in total. The number of amides is 1. The fourth-order valence-corrected chi connectivity index (χ4v) is 3.75. The van der Waals surface area contributed by atoms with E-state index in [0.29, 0.717) is 12.5 Å². The van der Waals surface area contributed by atoms with Crippen LogP contribution in [-0.4, -0.2) is 59.4 Å². The van der Waals surface area contributed by atoms with Crippen molar-refractivity contribution in [1.82, 2.24) is 9.80 Å². The summed E-state index contributed by atoms with van der Waals surface area (Å²) in [6.45, 7) is 3.45. The third-order valence-electron chi connectivity index (χ3n) is 4.19. The lowest BCUT2D eigenvalue weighted by molar-refractivity contribution is -0.130. The number of aliphatic imine (C=N–C) groups is 1. The molecule has 0 atom stereocenters. The number of hydrogen-bond acceptors (Lipinski definition) is 3. The molecule has 2 aliphatic heterocycles. The maximum absolute atomic E-state index is 12.3. The van der Waals surface area contributed by atoms with Gasteiger partial charge in [0.2, 0.25) is 5.91 Å². The first-order chi connectivity index (χ1) is 10.7. The molecule has 3 rings (SSSR count). The van der Waals surface area contributed by atoms with E-state index in [1.54, 1.807) is 0 Å². The Balaban J connectivity index is 1.56. The van der Waals surface area contributed by atoms with Crippen molar-refractivity contribution in [1.29, 1.82) is 0 Å². The predicted molar refractivity (Wildman–Crippen MR) is 91.0 cm³/mol. The van der Waals surface area contributed by atoms with Gasteiger partial charge in [-0.25, -0.2) is 4.99 Å². The minimum absolute atomic E-state index is 0.0591. The van der Waals surface area contributed by atoms with Crippen molar-refractivity contribution < 1.29 is 4.79 Å². The molecule has 6 heteroatoms. The smallest absolute Gasteiger partial charge is 0.244 e. The molecule has 0 unspecified atom stereocenters. The maximum atomic E-state index is 12.3. The van der Waals surface area contributed by atoms with Crippen molar-refractivity contribution in [2.24, 2.45) is 10.7 Å². The van der Waals surface area contributed by atoms with E-state index >= 15 is 0 Å². The van der Waals surface area contributed by atoms with Crippen LogP contribution in [0.4, 0.5) is 0 Å². The highest BCUT2D eigenvalue weighted by Crippen LogP contribution is 2.18. The van der Waals surface area contributed by atoms with Crippen molar-refractivity contribution >= 4 is 23.6 Å². The Labute approximate surface area is 135 Å². The molecule has 0 radical (unpaired) electrons. The van der Waals surface area contributed by atoms with Crippen LogP contribution < -0.4 is 5.73 Å². The van der Waals surface area contributed by atoms with E-state index in [4.69, 9.17) is 5.73 Å². The summed E-state index contributed by atoms with van der Waals surface area (Å²) in [5.74, 6) is 2.72. The lowest BCUT2D eigenvalue weighted by Gasteiger charge is -2.29. The highest BCUT2D eigenvalue weighted by atomic mass is 32.2.